The zero-order chi connectivity index (χ0) is 12.1. The molecule has 1 aromatic heterocycles. The lowest BCUT2D eigenvalue weighted by atomic mass is 9.94. The minimum absolute atomic E-state index is 0.582. The Morgan fingerprint density at radius 2 is 2.12 bits per heavy atom. The van der Waals surface area contributed by atoms with Crippen LogP contribution in [0, 0.1) is 6.92 Å². The van der Waals surface area contributed by atoms with Gasteiger partial charge in [-0.05, 0) is 43.4 Å². The molecule has 1 aliphatic carbocycles. The van der Waals surface area contributed by atoms with Crippen molar-refractivity contribution in [2.75, 3.05) is 6.54 Å². The number of aromatic nitrogens is 1. The van der Waals surface area contributed by atoms with Crippen LogP contribution >= 0.6 is 0 Å². The highest BCUT2D eigenvalue weighted by atomic mass is 14.9. The van der Waals surface area contributed by atoms with Gasteiger partial charge in [0, 0.05) is 24.5 Å². The fourth-order valence-corrected chi connectivity index (χ4v) is 2.64. The van der Waals surface area contributed by atoms with E-state index in [1.54, 1.807) is 0 Å². The summed E-state index contributed by atoms with van der Waals surface area (Å²) in [6.07, 6.45) is 8.88. The van der Waals surface area contributed by atoms with Crippen LogP contribution in [-0.2, 0) is 0 Å². The predicted molar refractivity (Wildman–Crippen MR) is 72.3 cm³/mol. The van der Waals surface area contributed by atoms with Crippen LogP contribution in [0.2, 0.25) is 0 Å². The van der Waals surface area contributed by atoms with Crippen molar-refractivity contribution in [3.8, 4) is 0 Å². The monoisotopic (exact) mass is 232 g/mol. The molecule has 0 spiro atoms. The molecule has 2 nitrogen and oxygen atoms in total. The smallest absolute Gasteiger partial charge is 0.0375 e. The van der Waals surface area contributed by atoms with E-state index in [4.69, 9.17) is 0 Å². The Morgan fingerprint density at radius 1 is 1.35 bits per heavy atom. The lowest BCUT2D eigenvalue weighted by Gasteiger charge is -2.24. The van der Waals surface area contributed by atoms with Crippen LogP contribution in [0.1, 0.15) is 56.2 Å². The number of hydrogen-bond acceptors (Lipinski definition) is 2. The second-order valence-electron chi connectivity index (χ2n) is 5.37. The number of rotatable bonds is 4. The highest BCUT2D eigenvalue weighted by Crippen LogP contribution is 2.19. The van der Waals surface area contributed by atoms with Gasteiger partial charge >= 0.3 is 0 Å². The largest absolute Gasteiger partial charge is 0.313 e. The van der Waals surface area contributed by atoms with Gasteiger partial charge in [0.15, 0.2) is 0 Å². The van der Waals surface area contributed by atoms with Crippen molar-refractivity contribution in [2.24, 2.45) is 0 Å². The molecule has 17 heavy (non-hydrogen) atoms. The third-order valence-corrected chi connectivity index (χ3v) is 3.81. The van der Waals surface area contributed by atoms with E-state index in [9.17, 15) is 0 Å². The first kappa shape index (κ1) is 12.6. The van der Waals surface area contributed by atoms with E-state index in [-0.39, 0.29) is 0 Å². The summed E-state index contributed by atoms with van der Waals surface area (Å²) in [5.41, 5.74) is 2.52. The molecule has 0 radical (unpaired) electrons. The van der Waals surface area contributed by atoms with Gasteiger partial charge in [-0.2, -0.15) is 0 Å². The zero-order valence-electron chi connectivity index (χ0n) is 11.1. The first-order chi connectivity index (χ1) is 8.25. The highest BCUT2D eigenvalue weighted by Gasteiger charge is 2.14. The number of nitrogens with zero attached hydrogens (tertiary/aromatic N) is 1. The maximum absolute atomic E-state index is 4.25. The van der Waals surface area contributed by atoms with Gasteiger partial charge in [-0.3, -0.25) is 4.98 Å². The third-order valence-electron chi connectivity index (χ3n) is 3.81. The zero-order valence-corrected chi connectivity index (χ0v) is 11.1. The van der Waals surface area contributed by atoms with Crippen molar-refractivity contribution in [3.05, 3.63) is 29.6 Å². The van der Waals surface area contributed by atoms with Gasteiger partial charge in [0.25, 0.3) is 0 Å². The van der Waals surface area contributed by atoms with Gasteiger partial charge in [-0.1, -0.05) is 26.2 Å². The summed E-state index contributed by atoms with van der Waals surface area (Å²) in [6, 6.07) is 5.10. The van der Waals surface area contributed by atoms with E-state index in [2.05, 4.69) is 36.3 Å². The summed E-state index contributed by atoms with van der Waals surface area (Å²) >= 11 is 0. The van der Waals surface area contributed by atoms with Crippen molar-refractivity contribution in [1.29, 1.82) is 0 Å². The number of hydrogen-bond donors (Lipinski definition) is 1. The van der Waals surface area contributed by atoms with Crippen LogP contribution in [0.25, 0.3) is 0 Å². The molecule has 94 valence electrons. The Morgan fingerprint density at radius 3 is 2.82 bits per heavy atom. The SMILES string of the molecule is Cc1cc(C(C)CNC2CCCCC2)ccn1. The molecule has 1 fully saturated rings. The van der Waals surface area contributed by atoms with Crippen LogP contribution in [0.15, 0.2) is 18.3 Å². The number of pyridine rings is 1. The van der Waals surface area contributed by atoms with Gasteiger partial charge in [0.1, 0.15) is 0 Å². The Labute approximate surface area is 105 Å². The Balaban J connectivity index is 1.82. The van der Waals surface area contributed by atoms with Crippen molar-refractivity contribution in [2.45, 2.75) is 57.9 Å². The molecule has 1 aliphatic rings. The van der Waals surface area contributed by atoms with Crippen molar-refractivity contribution in [1.82, 2.24) is 10.3 Å². The van der Waals surface area contributed by atoms with Gasteiger partial charge in [-0.15, -0.1) is 0 Å². The average molecular weight is 232 g/mol. The third kappa shape index (κ3) is 3.81. The Kier molecular flexibility index (Phi) is 4.55. The lowest BCUT2D eigenvalue weighted by molar-refractivity contribution is 0.367. The number of nitrogens with one attached hydrogen (secondary N) is 1. The molecular formula is C15H24N2. The molecule has 0 saturated heterocycles. The van der Waals surface area contributed by atoms with E-state index in [1.165, 1.54) is 37.7 Å². The first-order valence-electron chi connectivity index (χ1n) is 6.91. The van der Waals surface area contributed by atoms with Crippen molar-refractivity contribution in [3.63, 3.8) is 0 Å². The van der Waals surface area contributed by atoms with E-state index >= 15 is 0 Å². The summed E-state index contributed by atoms with van der Waals surface area (Å²) in [4.78, 5) is 4.25. The van der Waals surface area contributed by atoms with Crippen LogP contribution in [0.3, 0.4) is 0 Å². The molecule has 1 aromatic rings. The Bertz CT molecular complexity index is 343. The molecule has 0 bridgehead atoms. The van der Waals surface area contributed by atoms with Crippen molar-refractivity contribution < 1.29 is 0 Å². The highest BCUT2D eigenvalue weighted by molar-refractivity contribution is 5.19. The molecule has 2 heteroatoms. The van der Waals surface area contributed by atoms with Gasteiger partial charge < -0.3 is 5.32 Å². The molecule has 0 aliphatic heterocycles. The summed E-state index contributed by atoms with van der Waals surface area (Å²) < 4.78 is 0. The molecule has 1 heterocycles. The first-order valence-corrected chi connectivity index (χ1v) is 6.91. The van der Waals surface area contributed by atoms with Crippen LogP contribution in [-0.4, -0.2) is 17.6 Å². The molecule has 1 N–H and O–H groups in total. The van der Waals surface area contributed by atoms with E-state index < -0.39 is 0 Å². The van der Waals surface area contributed by atoms with Gasteiger partial charge in [0.2, 0.25) is 0 Å². The second kappa shape index (κ2) is 6.15. The lowest BCUT2D eigenvalue weighted by Crippen LogP contribution is -2.33. The summed E-state index contributed by atoms with van der Waals surface area (Å²) in [7, 11) is 0. The average Bonchev–Trinajstić information content (AvgIpc) is 2.37. The summed E-state index contributed by atoms with van der Waals surface area (Å²) in [5.74, 6) is 0.582. The molecule has 0 aromatic carbocycles. The van der Waals surface area contributed by atoms with E-state index in [0.717, 1.165) is 18.3 Å². The topological polar surface area (TPSA) is 24.9 Å². The molecule has 1 atom stereocenters. The summed E-state index contributed by atoms with van der Waals surface area (Å²) in [6.45, 7) is 5.45. The minimum atomic E-state index is 0.582. The maximum Gasteiger partial charge on any atom is 0.0375 e. The van der Waals surface area contributed by atoms with Crippen LogP contribution < -0.4 is 5.32 Å². The fourth-order valence-electron chi connectivity index (χ4n) is 2.64. The molecular weight excluding hydrogens is 208 g/mol. The molecule has 0 amide bonds. The minimum Gasteiger partial charge on any atom is -0.313 e. The predicted octanol–water partition coefficient (Wildman–Crippen LogP) is 3.42. The standard InChI is InChI=1S/C15H24N2/c1-12(14-8-9-16-13(2)10-14)11-17-15-6-4-3-5-7-15/h8-10,12,15,17H,3-7,11H2,1-2H3. The van der Waals surface area contributed by atoms with E-state index in [0.29, 0.717) is 5.92 Å². The van der Waals surface area contributed by atoms with Gasteiger partial charge in [-0.25, -0.2) is 0 Å². The second-order valence-corrected chi connectivity index (χ2v) is 5.37. The van der Waals surface area contributed by atoms with Gasteiger partial charge in [0.05, 0.1) is 0 Å². The molecule has 1 unspecified atom stereocenters. The fraction of sp³-hybridized carbons (Fsp3) is 0.667. The number of aryl methyl sites for hydroxylation is 1. The summed E-state index contributed by atoms with van der Waals surface area (Å²) in [5, 5.41) is 3.72. The van der Waals surface area contributed by atoms with Crippen LogP contribution in [0.5, 0.6) is 0 Å². The van der Waals surface area contributed by atoms with Crippen molar-refractivity contribution >= 4 is 0 Å². The Hall–Kier alpha value is -0.890. The van der Waals surface area contributed by atoms with Crippen LogP contribution in [0.4, 0.5) is 0 Å². The maximum atomic E-state index is 4.25. The molecule has 1 saturated carbocycles. The van der Waals surface area contributed by atoms with E-state index in [1.807, 2.05) is 6.20 Å². The normalized spacial score (nSPS) is 19.2. The molecule has 2 rings (SSSR count). The quantitative estimate of drug-likeness (QED) is 0.860.